The fraction of sp³-hybridized carbons (Fsp3) is 0.500. The molecule has 1 unspecified atom stereocenters. The van der Waals surface area contributed by atoms with Gasteiger partial charge in [-0.25, -0.2) is 0 Å². The van der Waals surface area contributed by atoms with Gasteiger partial charge in [0.25, 0.3) is 0 Å². The van der Waals surface area contributed by atoms with Crippen LogP contribution in [-0.4, -0.2) is 20.7 Å². The molecule has 0 fully saturated rings. The van der Waals surface area contributed by atoms with Crippen molar-refractivity contribution >= 4 is 21.8 Å². The molecule has 82 valence electrons. The summed E-state index contributed by atoms with van der Waals surface area (Å²) in [6.07, 6.45) is 4.13. The number of amides is 1. The van der Waals surface area contributed by atoms with E-state index in [-0.39, 0.29) is 10.7 Å². The molecule has 0 aliphatic carbocycles. The molecule has 1 N–H and O–H groups in total. The first kappa shape index (κ1) is 12.1. The molecule has 0 aromatic carbocycles. The van der Waals surface area contributed by atoms with E-state index in [2.05, 4.69) is 31.2 Å². The zero-order valence-electron chi connectivity index (χ0n) is 8.83. The van der Waals surface area contributed by atoms with Crippen molar-refractivity contribution in [2.45, 2.75) is 31.6 Å². The maximum atomic E-state index is 11.4. The van der Waals surface area contributed by atoms with Gasteiger partial charge < -0.3 is 5.32 Å². The van der Waals surface area contributed by atoms with E-state index < -0.39 is 0 Å². The van der Waals surface area contributed by atoms with Crippen LogP contribution in [0.2, 0.25) is 0 Å². The molecular weight excluding hydrogens is 258 g/mol. The number of aromatic nitrogens is 2. The van der Waals surface area contributed by atoms with Crippen LogP contribution in [0.15, 0.2) is 12.4 Å². The summed E-state index contributed by atoms with van der Waals surface area (Å²) >= 11 is 3.28. The third kappa shape index (κ3) is 3.95. The van der Waals surface area contributed by atoms with Crippen molar-refractivity contribution in [2.24, 2.45) is 0 Å². The maximum absolute atomic E-state index is 11.4. The minimum Gasteiger partial charge on any atom is -0.349 e. The van der Waals surface area contributed by atoms with Crippen LogP contribution in [0.25, 0.3) is 0 Å². The number of hydrogen-bond acceptors (Lipinski definition) is 3. The highest BCUT2D eigenvalue weighted by atomic mass is 79.9. The molecule has 1 aromatic heterocycles. The van der Waals surface area contributed by atoms with Crippen molar-refractivity contribution in [3.05, 3.63) is 23.8 Å². The lowest BCUT2D eigenvalue weighted by Crippen LogP contribution is -2.30. The van der Waals surface area contributed by atoms with E-state index in [9.17, 15) is 4.79 Å². The molecule has 0 spiro atoms. The molecule has 0 bridgehead atoms. The van der Waals surface area contributed by atoms with E-state index in [4.69, 9.17) is 0 Å². The zero-order chi connectivity index (χ0) is 11.3. The lowest BCUT2D eigenvalue weighted by Gasteiger charge is -2.07. The normalized spacial score (nSPS) is 12.2. The van der Waals surface area contributed by atoms with Crippen LogP contribution in [0, 0.1) is 6.92 Å². The maximum Gasteiger partial charge on any atom is 0.234 e. The first-order chi connectivity index (χ1) is 7.13. The first-order valence-electron chi connectivity index (χ1n) is 4.82. The quantitative estimate of drug-likeness (QED) is 0.846. The Bertz CT molecular complexity index is 326. The van der Waals surface area contributed by atoms with Gasteiger partial charge in [-0.05, 0) is 13.3 Å². The Balaban J connectivity index is 2.43. The third-order valence-corrected chi connectivity index (χ3v) is 2.98. The highest BCUT2D eigenvalue weighted by Crippen LogP contribution is 2.04. The van der Waals surface area contributed by atoms with Crippen LogP contribution in [-0.2, 0) is 11.3 Å². The highest BCUT2D eigenvalue weighted by Gasteiger charge is 2.11. The molecule has 0 aliphatic heterocycles. The van der Waals surface area contributed by atoms with Crippen molar-refractivity contribution < 1.29 is 4.79 Å². The standard InChI is InChI=1S/C10H14BrN3O/c1-3-9(11)10(15)14-6-8-5-12-7(2)4-13-8/h4-5,9H,3,6H2,1-2H3,(H,14,15). The van der Waals surface area contributed by atoms with E-state index in [1.54, 1.807) is 12.4 Å². The largest absolute Gasteiger partial charge is 0.349 e. The van der Waals surface area contributed by atoms with Gasteiger partial charge in [0.1, 0.15) is 0 Å². The van der Waals surface area contributed by atoms with Gasteiger partial charge in [0.05, 0.1) is 29.0 Å². The molecule has 15 heavy (non-hydrogen) atoms. The van der Waals surface area contributed by atoms with E-state index in [1.165, 1.54) is 0 Å². The number of halogens is 1. The number of carbonyl (C=O) groups excluding carboxylic acids is 1. The van der Waals surface area contributed by atoms with Gasteiger partial charge in [0.2, 0.25) is 5.91 Å². The van der Waals surface area contributed by atoms with Crippen LogP contribution in [0.4, 0.5) is 0 Å². The number of aryl methyl sites for hydroxylation is 1. The summed E-state index contributed by atoms with van der Waals surface area (Å²) in [5.74, 6) is -0.0140. The zero-order valence-corrected chi connectivity index (χ0v) is 10.4. The second kappa shape index (κ2) is 5.80. The minimum absolute atomic E-state index is 0.0140. The summed E-state index contributed by atoms with van der Waals surface area (Å²) in [5, 5.41) is 2.78. The van der Waals surface area contributed by atoms with Crippen molar-refractivity contribution in [1.82, 2.24) is 15.3 Å². The average molecular weight is 272 g/mol. The Labute approximate surface area is 97.6 Å². The third-order valence-electron chi connectivity index (χ3n) is 1.92. The lowest BCUT2D eigenvalue weighted by molar-refractivity contribution is -0.120. The predicted octanol–water partition coefficient (Wildman–Crippen LogP) is 1.57. The molecule has 0 saturated heterocycles. The summed E-state index contributed by atoms with van der Waals surface area (Å²) in [4.78, 5) is 19.5. The molecule has 1 aromatic rings. The molecule has 0 radical (unpaired) electrons. The summed E-state index contributed by atoms with van der Waals surface area (Å²) < 4.78 is 0. The van der Waals surface area contributed by atoms with Crippen molar-refractivity contribution in [3.8, 4) is 0 Å². The number of rotatable bonds is 4. The summed E-state index contributed by atoms with van der Waals surface area (Å²) in [6, 6.07) is 0. The van der Waals surface area contributed by atoms with E-state index >= 15 is 0 Å². The van der Waals surface area contributed by atoms with Crippen LogP contribution in [0.3, 0.4) is 0 Å². The molecule has 0 saturated carbocycles. The molecule has 5 heteroatoms. The van der Waals surface area contributed by atoms with Gasteiger partial charge in [-0.2, -0.15) is 0 Å². The second-order valence-corrected chi connectivity index (χ2v) is 4.35. The second-order valence-electron chi connectivity index (χ2n) is 3.24. The number of nitrogens with zero attached hydrogens (tertiary/aromatic N) is 2. The fourth-order valence-corrected chi connectivity index (χ4v) is 1.15. The predicted molar refractivity (Wildman–Crippen MR) is 61.6 cm³/mol. The average Bonchev–Trinajstić information content (AvgIpc) is 2.26. The van der Waals surface area contributed by atoms with Gasteiger partial charge in [-0.15, -0.1) is 0 Å². The van der Waals surface area contributed by atoms with Gasteiger partial charge in [-0.1, -0.05) is 22.9 Å². The number of nitrogens with one attached hydrogen (secondary N) is 1. The van der Waals surface area contributed by atoms with Gasteiger partial charge in [0, 0.05) is 6.20 Å². The first-order valence-corrected chi connectivity index (χ1v) is 5.74. The molecule has 0 aliphatic rings. The van der Waals surface area contributed by atoms with Crippen molar-refractivity contribution in [3.63, 3.8) is 0 Å². The van der Waals surface area contributed by atoms with Crippen molar-refractivity contribution in [2.75, 3.05) is 0 Å². The van der Waals surface area contributed by atoms with Gasteiger partial charge in [0.15, 0.2) is 0 Å². The van der Waals surface area contributed by atoms with Crippen LogP contribution >= 0.6 is 15.9 Å². The number of carbonyl (C=O) groups is 1. The summed E-state index contributed by atoms with van der Waals surface area (Å²) in [5.41, 5.74) is 1.64. The van der Waals surface area contributed by atoms with Crippen LogP contribution < -0.4 is 5.32 Å². The topological polar surface area (TPSA) is 54.9 Å². The SMILES string of the molecule is CCC(Br)C(=O)NCc1cnc(C)cn1. The van der Waals surface area contributed by atoms with E-state index in [0.29, 0.717) is 6.54 Å². The number of alkyl halides is 1. The fourth-order valence-electron chi connectivity index (χ4n) is 0.984. The Kier molecular flexibility index (Phi) is 4.68. The lowest BCUT2D eigenvalue weighted by atomic mass is 10.3. The minimum atomic E-state index is -0.129. The van der Waals surface area contributed by atoms with Crippen molar-refractivity contribution in [1.29, 1.82) is 0 Å². The molecule has 1 amide bonds. The van der Waals surface area contributed by atoms with Gasteiger partial charge in [-0.3, -0.25) is 14.8 Å². The van der Waals surface area contributed by atoms with Crippen LogP contribution in [0.5, 0.6) is 0 Å². The molecule has 4 nitrogen and oxygen atoms in total. The summed E-state index contributed by atoms with van der Waals surface area (Å²) in [6.45, 7) is 4.25. The molecule has 1 rings (SSSR count). The van der Waals surface area contributed by atoms with Gasteiger partial charge >= 0.3 is 0 Å². The highest BCUT2D eigenvalue weighted by molar-refractivity contribution is 9.10. The Morgan fingerprint density at radius 3 is 2.80 bits per heavy atom. The Hall–Kier alpha value is -0.970. The van der Waals surface area contributed by atoms with E-state index in [0.717, 1.165) is 17.8 Å². The smallest absolute Gasteiger partial charge is 0.234 e. The number of hydrogen-bond donors (Lipinski definition) is 1. The monoisotopic (exact) mass is 271 g/mol. The summed E-state index contributed by atoms with van der Waals surface area (Å²) in [7, 11) is 0. The van der Waals surface area contributed by atoms with Crippen LogP contribution in [0.1, 0.15) is 24.7 Å². The Morgan fingerprint density at radius 1 is 1.53 bits per heavy atom. The Morgan fingerprint density at radius 2 is 2.27 bits per heavy atom. The molecular formula is C10H14BrN3O. The molecule has 1 heterocycles. The van der Waals surface area contributed by atoms with E-state index in [1.807, 2.05) is 13.8 Å². The molecule has 1 atom stereocenters.